The number of benzene rings is 1. The van der Waals surface area contributed by atoms with E-state index in [1.165, 1.54) is 5.01 Å². The molecule has 0 aliphatic carbocycles. The Labute approximate surface area is 130 Å². The summed E-state index contributed by atoms with van der Waals surface area (Å²) in [7, 11) is 3.58. The highest BCUT2D eigenvalue weighted by Gasteiger charge is 2.12. The molecule has 114 valence electrons. The maximum absolute atomic E-state index is 10.1. The zero-order valence-corrected chi connectivity index (χ0v) is 13.8. The molecule has 0 aliphatic heterocycles. The van der Waals surface area contributed by atoms with Crippen LogP contribution in [0.3, 0.4) is 0 Å². The molecule has 0 amide bonds. The van der Waals surface area contributed by atoms with Gasteiger partial charge in [-0.3, -0.25) is 4.90 Å². The van der Waals surface area contributed by atoms with Crippen molar-refractivity contribution in [3.63, 3.8) is 0 Å². The Kier molecular flexibility index (Phi) is 5.20. The third kappa shape index (κ3) is 3.95. The molecule has 0 radical (unpaired) electrons. The van der Waals surface area contributed by atoms with E-state index in [2.05, 4.69) is 29.1 Å². The molecule has 0 aliphatic rings. The van der Waals surface area contributed by atoms with Crippen LogP contribution in [0.15, 0.2) is 23.6 Å². The zero-order valence-electron chi connectivity index (χ0n) is 13.0. The lowest BCUT2D eigenvalue weighted by Crippen LogP contribution is -2.17. The van der Waals surface area contributed by atoms with Crippen LogP contribution in [-0.4, -0.2) is 29.1 Å². The molecular formula is C16H22N2O2S. The first-order valence-corrected chi connectivity index (χ1v) is 7.87. The van der Waals surface area contributed by atoms with Gasteiger partial charge >= 0.3 is 0 Å². The lowest BCUT2D eigenvalue weighted by Gasteiger charge is -2.17. The van der Waals surface area contributed by atoms with Crippen molar-refractivity contribution in [3.05, 3.63) is 39.8 Å². The number of phenolic OH excluding ortho intramolecular Hbond substituents is 1. The predicted octanol–water partition coefficient (Wildman–Crippen LogP) is 3.61. The first-order valence-electron chi connectivity index (χ1n) is 6.99. The van der Waals surface area contributed by atoms with Crippen LogP contribution in [0.25, 0.3) is 0 Å². The Morgan fingerprint density at radius 1 is 1.33 bits per heavy atom. The largest absolute Gasteiger partial charge is 0.504 e. The van der Waals surface area contributed by atoms with Gasteiger partial charge in [-0.15, -0.1) is 11.3 Å². The van der Waals surface area contributed by atoms with Gasteiger partial charge in [0.15, 0.2) is 11.5 Å². The SMILES string of the molecule is COc1cccc(CN(C)Cc2csc(C(C)C)n2)c1O. The Morgan fingerprint density at radius 2 is 2.10 bits per heavy atom. The van der Waals surface area contributed by atoms with Gasteiger partial charge in [-0.05, 0) is 13.1 Å². The second kappa shape index (κ2) is 6.91. The number of rotatable bonds is 6. The summed E-state index contributed by atoms with van der Waals surface area (Å²) in [5.41, 5.74) is 1.93. The van der Waals surface area contributed by atoms with Crippen LogP contribution < -0.4 is 4.74 Å². The smallest absolute Gasteiger partial charge is 0.162 e. The molecule has 1 N–H and O–H groups in total. The average Bonchev–Trinajstić information content (AvgIpc) is 2.90. The average molecular weight is 306 g/mol. The molecule has 21 heavy (non-hydrogen) atoms. The van der Waals surface area contributed by atoms with Crippen molar-refractivity contribution < 1.29 is 9.84 Å². The van der Waals surface area contributed by atoms with Gasteiger partial charge in [-0.2, -0.15) is 0 Å². The van der Waals surface area contributed by atoms with E-state index in [0.717, 1.165) is 17.8 Å². The van der Waals surface area contributed by atoms with Crippen molar-refractivity contribution in [2.24, 2.45) is 0 Å². The minimum atomic E-state index is 0.216. The van der Waals surface area contributed by atoms with Gasteiger partial charge in [-0.1, -0.05) is 26.0 Å². The van der Waals surface area contributed by atoms with Gasteiger partial charge < -0.3 is 9.84 Å². The zero-order chi connectivity index (χ0) is 15.4. The van der Waals surface area contributed by atoms with Crippen LogP contribution in [0.4, 0.5) is 0 Å². The standard InChI is InChI=1S/C16H22N2O2S/c1-11(2)16-17-13(10-21-16)9-18(3)8-12-6-5-7-14(20-4)15(12)19/h5-7,10-11,19H,8-9H2,1-4H3. The summed E-state index contributed by atoms with van der Waals surface area (Å²) >= 11 is 1.71. The molecule has 4 nitrogen and oxygen atoms in total. The van der Waals surface area contributed by atoms with E-state index >= 15 is 0 Å². The van der Waals surface area contributed by atoms with Crippen molar-refractivity contribution in [3.8, 4) is 11.5 Å². The lowest BCUT2D eigenvalue weighted by molar-refractivity contribution is 0.305. The van der Waals surface area contributed by atoms with Crippen LogP contribution in [0.1, 0.15) is 36.0 Å². The number of methoxy groups -OCH3 is 1. The molecule has 1 heterocycles. The number of nitrogens with zero attached hydrogens (tertiary/aromatic N) is 2. The van der Waals surface area contributed by atoms with Crippen molar-refractivity contribution in [2.75, 3.05) is 14.2 Å². The van der Waals surface area contributed by atoms with Gasteiger partial charge in [0.05, 0.1) is 17.8 Å². The number of aromatic nitrogens is 1. The Hall–Kier alpha value is -1.59. The quantitative estimate of drug-likeness (QED) is 0.885. The molecule has 0 spiro atoms. The minimum Gasteiger partial charge on any atom is -0.504 e. The number of aromatic hydroxyl groups is 1. The van der Waals surface area contributed by atoms with Crippen LogP contribution in [-0.2, 0) is 13.1 Å². The maximum atomic E-state index is 10.1. The van der Waals surface area contributed by atoms with Gasteiger partial charge in [0.1, 0.15) is 0 Å². The summed E-state index contributed by atoms with van der Waals surface area (Å²) in [5, 5.41) is 13.4. The molecule has 2 aromatic rings. The number of para-hydroxylation sites is 1. The first-order chi connectivity index (χ1) is 10.0. The molecule has 1 aromatic carbocycles. The molecule has 0 fully saturated rings. The molecule has 2 rings (SSSR count). The summed E-state index contributed by atoms with van der Waals surface area (Å²) in [5.74, 6) is 1.20. The molecule has 5 heteroatoms. The fraction of sp³-hybridized carbons (Fsp3) is 0.438. The van der Waals surface area contributed by atoms with Crippen molar-refractivity contribution in [2.45, 2.75) is 32.9 Å². The van der Waals surface area contributed by atoms with Crippen molar-refractivity contribution in [1.82, 2.24) is 9.88 Å². The molecule has 0 unspecified atom stereocenters. The van der Waals surface area contributed by atoms with E-state index in [1.54, 1.807) is 24.5 Å². The van der Waals surface area contributed by atoms with Crippen molar-refractivity contribution in [1.29, 1.82) is 0 Å². The third-order valence-corrected chi connectivity index (χ3v) is 4.43. The molecule has 0 saturated heterocycles. The highest BCUT2D eigenvalue weighted by Crippen LogP contribution is 2.30. The Bertz CT molecular complexity index is 596. The van der Waals surface area contributed by atoms with Crippen LogP contribution in [0.5, 0.6) is 11.5 Å². The summed E-state index contributed by atoms with van der Waals surface area (Å²) in [4.78, 5) is 6.77. The number of hydrogen-bond acceptors (Lipinski definition) is 5. The van der Waals surface area contributed by atoms with Gasteiger partial charge in [0.2, 0.25) is 0 Å². The van der Waals surface area contributed by atoms with Gasteiger partial charge in [0, 0.05) is 30.0 Å². The van der Waals surface area contributed by atoms with Gasteiger partial charge in [0.25, 0.3) is 0 Å². The fourth-order valence-electron chi connectivity index (χ4n) is 2.14. The summed E-state index contributed by atoms with van der Waals surface area (Å²) in [6.07, 6.45) is 0. The summed E-state index contributed by atoms with van der Waals surface area (Å²) in [6, 6.07) is 5.56. The van der Waals surface area contributed by atoms with Crippen molar-refractivity contribution >= 4 is 11.3 Å². The molecule has 0 bridgehead atoms. The second-order valence-corrected chi connectivity index (χ2v) is 6.36. The maximum Gasteiger partial charge on any atom is 0.162 e. The minimum absolute atomic E-state index is 0.216. The molecule has 1 aromatic heterocycles. The van der Waals surface area contributed by atoms with E-state index in [-0.39, 0.29) is 5.75 Å². The van der Waals surface area contributed by atoms with Crippen LogP contribution >= 0.6 is 11.3 Å². The first kappa shape index (κ1) is 15.8. The lowest BCUT2D eigenvalue weighted by atomic mass is 10.1. The topological polar surface area (TPSA) is 45.6 Å². The molecule has 0 atom stereocenters. The number of thiazole rings is 1. The summed E-state index contributed by atoms with van der Waals surface area (Å²) < 4.78 is 5.14. The van der Waals surface area contributed by atoms with E-state index in [9.17, 15) is 5.11 Å². The van der Waals surface area contributed by atoms with Crippen LogP contribution in [0, 0.1) is 0 Å². The number of ether oxygens (including phenoxy) is 1. The van der Waals surface area contributed by atoms with Gasteiger partial charge in [-0.25, -0.2) is 4.98 Å². The third-order valence-electron chi connectivity index (χ3n) is 3.24. The second-order valence-electron chi connectivity index (χ2n) is 5.47. The van der Waals surface area contributed by atoms with E-state index in [4.69, 9.17) is 4.74 Å². The Balaban J connectivity index is 2.02. The number of hydrogen-bond donors (Lipinski definition) is 1. The molecule has 0 saturated carbocycles. The number of phenols is 1. The summed E-state index contributed by atoms with van der Waals surface area (Å²) in [6.45, 7) is 5.72. The van der Waals surface area contributed by atoms with E-state index < -0.39 is 0 Å². The highest BCUT2D eigenvalue weighted by atomic mass is 32.1. The highest BCUT2D eigenvalue weighted by molar-refractivity contribution is 7.09. The predicted molar refractivity (Wildman–Crippen MR) is 86.0 cm³/mol. The van der Waals surface area contributed by atoms with E-state index in [0.29, 0.717) is 18.2 Å². The Morgan fingerprint density at radius 3 is 2.71 bits per heavy atom. The fourth-order valence-corrected chi connectivity index (χ4v) is 2.97. The van der Waals surface area contributed by atoms with Crippen LogP contribution in [0.2, 0.25) is 0 Å². The monoisotopic (exact) mass is 306 g/mol. The molecular weight excluding hydrogens is 284 g/mol. The normalized spacial score (nSPS) is 11.3. The van der Waals surface area contributed by atoms with E-state index in [1.807, 2.05) is 19.2 Å².